The first-order valence-electron chi connectivity index (χ1n) is 7.76. The number of furan rings is 1. The Bertz CT molecular complexity index is 854. The number of amides is 2. The fraction of sp³-hybridized carbons (Fsp3) is 0.105. The molecule has 2 N–H and O–H groups in total. The van der Waals surface area contributed by atoms with Gasteiger partial charge in [0, 0.05) is 30.9 Å². The minimum atomic E-state index is -0.190. The van der Waals surface area contributed by atoms with E-state index in [1.807, 2.05) is 24.3 Å². The van der Waals surface area contributed by atoms with E-state index in [4.69, 9.17) is 4.42 Å². The molecule has 6 heteroatoms. The van der Waals surface area contributed by atoms with E-state index in [0.29, 0.717) is 23.6 Å². The highest BCUT2D eigenvalue weighted by molar-refractivity contribution is 5.95. The van der Waals surface area contributed by atoms with Crippen LogP contribution in [0.4, 0.5) is 5.69 Å². The highest BCUT2D eigenvalue weighted by atomic mass is 16.3. The fourth-order valence-electron chi connectivity index (χ4n) is 2.29. The van der Waals surface area contributed by atoms with Crippen molar-refractivity contribution in [3.8, 4) is 11.5 Å². The van der Waals surface area contributed by atoms with Gasteiger partial charge in [-0.1, -0.05) is 6.07 Å². The number of nitrogens with one attached hydrogen (secondary N) is 2. The van der Waals surface area contributed by atoms with Gasteiger partial charge in [0.15, 0.2) is 5.76 Å². The quantitative estimate of drug-likeness (QED) is 0.750. The fourth-order valence-corrected chi connectivity index (χ4v) is 2.29. The summed E-state index contributed by atoms with van der Waals surface area (Å²) in [6, 6.07) is 14.1. The zero-order valence-corrected chi connectivity index (χ0v) is 13.7. The molecule has 0 fully saturated rings. The second-order valence-electron chi connectivity index (χ2n) is 5.47. The summed E-state index contributed by atoms with van der Waals surface area (Å²) in [5, 5.41) is 5.50. The molecule has 0 atom stereocenters. The molecule has 0 aliphatic carbocycles. The molecule has 0 aliphatic heterocycles. The van der Waals surface area contributed by atoms with E-state index in [0.717, 1.165) is 11.3 Å². The van der Waals surface area contributed by atoms with Crippen molar-refractivity contribution >= 4 is 17.5 Å². The predicted molar refractivity (Wildman–Crippen MR) is 93.9 cm³/mol. The summed E-state index contributed by atoms with van der Waals surface area (Å²) in [6.45, 7) is 1.81. The molecule has 126 valence electrons. The highest BCUT2D eigenvalue weighted by Gasteiger charge is 2.07. The molecule has 2 amide bonds. The monoisotopic (exact) mass is 335 g/mol. The minimum Gasteiger partial charge on any atom is -0.463 e. The van der Waals surface area contributed by atoms with Crippen LogP contribution in [-0.2, 0) is 11.3 Å². The third-order valence-electron chi connectivity index (χ3n) is 3.52. The first-order valence-corrected chi connectivity index (χ1v) is 7.76. The Balaban J connectivity index is 1.57. The van der Waals surface area contributed by atoms with Crippen LogP contribution in [0.25, 0.3) is 11.5 Å². The molecule has 2 heterocycles. The molecule has 0 unspecified atom stereocenters. The van der Waals surface area contributed by atoms with Gasteiger partial charge in [0.05, 0.1) is 6.26 Å². The Labute approximate surface area is 144 Å². The third-order valence-corrected chi connectivity index (χ3v) is 3.52. The van der Waals surface area contributed by atoms with Crippen LogP contribution in [-0.4, -0.2) is 16.8 Å². The van der Waals surface area contributed by atoms with Crippen LogP contribution >= 0.6 is 0 Å². The van der Waals surface area contributed by atoms with Crippen molar-refractivity contribution in [1.29, 1.82) is 0 Å². The number of carbonyl (C=O) groups is 2. The molecular formula is C19H17N3O3. The zero-order chi connectivity index (χ0) is 17.6. The predicted octanol–water partition coefficient (Wildman–Crippen LogP) is 3.23. The SMILES string of the molecule is CC(=O)Nc1ccc(C(=O)NCc2ccc(-c3ccco3)nc2)cc1. The van der Waals surface area contributed by atoms with Crippen LogP contribution in [0.15, 0.2) is 65.4 Å². The standard InChI is InChI=1S/C19H17N3O3/c1-13(23)22-16-7-5-15(6-8-16)19(24)21-12-14-4-9-17(20-11-14)18-3-2-10-25-18/h2-11H,12H2,1H3,(H,21,24)(H,22,23). The molecular weight excluding hydrogens is 318 g/mol. The third kappa shape index (κ3) is 4.32. The van der Waals surface area contributed by atoms with E-state index < -0.39 is 0 Å². The van der Waals surface area contributed by atoms with Gasteiger partial charge >= 0.3 is 0 Å². The molecule has 1 aromatic carbocycles. The first-order chi connectivity index (χ1) is 12.1. The summed E-state index contributed by atoms with van der Waals surface area (Å²) in [5.41, 5.74) is 2.81. The Morgan fingerprint density at radius 2 is 1.88 bits per heavy atom. The average Bonchev–Trinajstić information content (AvgIpc) is 3.15. The van der Waals surface area contributed by atoms with Crippen molar-refractivity contribution in [2.45, 2.75) is 13.5 Å². The molecule has 2 aromatic heterocycles. The van der Waals surface area contributed by atoms with Crippen molar-refractivity contribution in [1.82, 2.24) is 10.3 Å². The number of pyridine rings is 1. The van der Waals surface area contributed by atoms with Crippen LogP contribution in [0.3, 0.4) is 0 Å². The maximum absolute atomic E-state index is 12.2. The van der Waals surface area contributed by atoms with Gasteiger partial charge in [0.25, 0.3) is 5.91 Å². The van der Waals surface area contributed by atoms with Crippen molar-refractivity contribution < 1.29 is 14.0 Å². The van der Waals surface area contributed by atoms with Crippen LogP contribution in [0.2, 0.25) is 0 Å². The second-order valence-corrected chi connectivity index (χ2v) is 5.47. The van der Waals surface area contributed by atoms with E-state index in [-0.39, 0.29) is 11.8 Å². The topological polar surface area (TPSA) is 84.2 Å². The second kappa shape index (κ2) is 7.44. The molecule has 3 aromatic rings. The van der Waals surface area contributed by atoms with Crippen molar-refractivity contribution in [3.05, 3.63) is 72.1 Å². The summed E-state index contributed by atoms with van der Waals surface area (Å²) in [5.74, 6) is 0.363. The van der Waals surface area contributed by atoms with E-state index in [9.17, 15) is 9.59 Å². The molecule has 0 saturated heterocycles. The lowest BCUT2D eigenvalue weighted by Crippen LogP contribution is -2.22. The van der Waals surface area contributed by atoms with Crippen LogP contribution in [0.1, 0.15) is 22.8 Å². The van der Waals surface area contributed by atoms with Crippen molar-refractivity contribution in [2.24, 2.45) is 0 Å². The first kappa shape index (κ1) is 16.4. The normalized spacial score (nSPS) is 10.3. The Hall–Kier alpha value is -3.41. The molecule has 25 heavy (non-hydrogen) atoms. The molecule has 6 nitrogen and oxygen atoms in total. The molecule has 0 saturated carbocycles. The number of benzene rings is 1. The number of anilines is 1. The van der Waals surface area contributed by atoms with E-state index in [2.05, 4.69) is 15.6 Å². The number of hydrogen-bond donors (Lipinski definition) is 2. The average molecular weight is 335 g/mol. The maximum atomic E-state index is 12.2. The summed E-state index contributed by atoms with van der Waals surface area (Å²) >= 11 is 0. The van der Waals surface area contributed by atoms with Gasteiger partial charge in [0.1, 0.15) is 5.69 Å². The largest absolute Gasteiger partial charge is 0.463 e. The van der Waals surface area contributed by atoms with Crippen LogP contribution < -0.4 is 10.6 Å². The summed E-state index contributed by atoms with van der Waals surface area (Å²) in [6.07, 6.45) is 3.31. The zero-order valence-electron chi connectivity index (χ0n) is 13.7. The van der Waals surface area contributed by atoms with Crippen LogP contribution in [0, 0.1) is 0 Å². The van der Waals surface area contributed by atoms with Crippen molar-refractivity contribution in [2.75, 3.05) is 5.32 Å². The number of nitrogens with zero attached hydrogens (tertiary/aromatic N) is 1. The van der Waals surface area contributed by atoms with Gasteiger partial charge in [-0.05, 0) is 48.0 Å². The Morgan fingerprint density at radius 1 is 1.08 bits per heavy atom. The lowest BCUT2D eigenvalue weighted by atomic mass is 10.2. The summed E-state index contributed by atoms with van der Waals surface area (Å²) in [4.78, 5) is 27.5. The smallest absolute Gasteiger partial charge is 0.251 e. The lowest BCUT2D eigenvalue weighted by molar-refractivity contribution is -0.114. The summed E-state index contributed by atoms with van der Waals surface area (Å²) < 4.78 is 5.29. The van der Waals surface area contributed by atoms with Crippen LogP contribution in [0.5, 0.6) is 0 Å². The molecule has 0 radical (unpaired) electrons. The minimum absolute atomic E-state index is 0.150. The van der Waals surface area contributed by atoms with Crippen molar-refractivity contribution in [3.63, 3.8) is 0 Å². The van der Waals surface area contributed by atoms with Gasteiger partial charge in [-0.3, -0.25) is 14.6 Å². The van der Waals surface area contributed by atoms with Gasteiger partial charge in [0.2, 0.25) is 5.91 Å². The van der Waals surface area contributed by atoms with E-state index in [1.165, 1.54) is 6.92 Å². The number of aromatic nitrogens is 1. The van der Waals surface area contributed by atoms with Gasteiger partial charge in [-0.15, -0.1) is 0 Å². The Kier molecular flexibility index (Phi) is 4.89. The summed E-state index contributed by atoms with van der Waals surface area (Å²) in [7, 11) is 0. The van der Waals surface area contributed by atoms with E-state index in [1.54, 1.807) is 36.7 Å². The molecule has 0 aliphatic rings. The van der Waals surface area contributed by atoms with Gasteiger partial charge < -0.3 is 15.1 Å². The molecule has 3 rings (SSSR count). The highest BCUT2D eigenvalue weighted by Crippen LogP contribution is 2.17. The lowest BCUT2D eigenvalue weighted by Gasteiger charge is -2.07. The van der Waals surface area contributed by atoms with Gasteiger partial charge in [-0.25, -0.2) is 0 Å². The number of carbonyl (C=O) groups excluding carboxylic acids is 2. The maximum Gasteiger partial charge on any atom is 0.251 e. The molecule has 0 spiro atoms. The van der Waals surface area contributed by atoms with E-state index >= 15 is 0 Å². The number of rotatable bonds is 5. The Morgan fingerprint density at radius 3 is 2.48 bits per heavy atom. The molecule has 0 bridgehead atoms. The number of hydrogen-bond acceptors (Lipinski definition) is 4. The van der Waals surface area contributed by atoms with Gasteiger partial charge in [-0.2, -0.15) is 0 Å².